The number of pyridine rings is 1. The maximum Gasteiger partial charge on any atom is 0.228 e. The van der Waals surface area contributed by atoms with Crippen LogP contribution in [-0.4, -0.2) is 21.0 Å². The van der Waals surface area contributed by atoms with Crippen molar-refractivity contribution in [3.8, 4) is 22.9 Å². The molecular weight excluding hydrogens is 474 g/mol. The van der Waals surface area contributed by atoms with Gasteiger partial charge in [-0.3, -0.25) is 0 Å². The molecule has 1 aromatic carbocycles. The second-order valence-electron chi connectivity index (χ2n) is 9.06. The van der Waals surface area contributed by atoms with Crippen LogP contribution in [-0.2, 0) is 0 Å². The molecule has 2 aliphatic rings. The van der Waals surface area contributed by atoms with E-state index >= 15 is 0 Å². The van der Waals surface area contributed by atoms with Crippen molar-refractivity contribution < 1.29 is 4.74 Å². The smallest absolute Gasteiger partial charge is 0.228 e. The highest BCUT2D eigenvalue weighted by Crippen LogP contribution is 2.36. The molecule has 0 spiro atoms. The van der Waals surface area contributed by atoms with Crippen molar-refractivity contribution in [3.05, 3.63) is 114 Å². The Kier molecular flexibility index (Phi) is 7.21. The summed E-state index contributed by atoms with van der Waals surface area (Å²) in [5.41, 5.74) is 11.5. The molecule has 0 saturated heterocycles. The number of hydrogen-bond donors (Lipinski definition) is 2. The van der Waals surface area contributed by atoms with Crippen LogP contribution >= 0.6 is 0 Å². The molecule has 8 heteroatoms. The lowest BCUT2D eigenvalue weighted by molar-refractivity contribution is 0.465. The van der Waals surface area contributed by atoms with Gasteiger partial charge in [0.15, 0.2) is 5.82 Å². The van der Waals surface area contributed by atoms with Crippen molar-refractivity contribution in [1.29, 1.82) is 0 Å². The molecule has 0 radical (unpaired) electrons. The van der Waals surface area contributed by atoms with Crippen molar-refractivity contribution in [3.63, 3.8) is 0 Å². The maximum absolute atomic E-state index is 6.09. The fraction of sp³-hybridized carbons (Fsp3) is 0.167. The molecule has 3 aromatic rings. The van der Waals surface area contributed by atoms with E-state index in [1.807, 2.05) is 49.4 Å². The maximum atomic E-state index is 6.09. The Morgan fingerprint density at radius 3 is 2.66 bits per heavy atom. The number of ether oxygens (including phenoxy) is 1. The number of allylic oxidation sites excluding steroid dienone is 6. The minimum Gasteiger partial charge on any atom is -0.438 e. The Morgan fingerprint density at radius 1 is 1.03 bits per heavy atom. The van der Waals surface area contributed by atoms with Gasteiger partial charge < -0.3 is 15.8 Å². The lowest BCUT2D eigenvalue weighted by atomic mass is 9.83. The van der Waals surface area contributed by atoms with Gasteiger partial charge in [-0.05, 0) is 68.8 Å². The Morgan fingerprint density at radius 2 is 1.87 bits per heavy atom. The predicted molar refractivity (Wildman–Crippen MR) is 150 cm³/mol. The molecule has 1 aliphatic heterocycles. The molecule has 8 nitrogen and oxygen atoms in total. The number of anilines is 2. The van der Waals surface area contributed by atoms with Crippen molar-refractivity contribution in [2.24, 2.45) is 16.1 Å². The van der Waals surface area contributed by atoms with Gasteiger partial charge in [0.25, 0.3) is 0 Å². The highest BCUT2D eigenvalue weighted by molar-refractivity contribution is 5.66. The first-order valence-corrected chi connectivity index (χ1v) is 12.4. The van der Waals surface area contributed by atoms with Gasteiger partial charge in [0, 0.05) is 29.6 Å². The van der Waals surface area contributed by atoms with Crippen LogP contribution in [0.4, 0.5) is 11.6 Å². The molecule has 2 unspecified atom stereocenters. The van der Waals surface area contributed by atoms with Crippen molar-refractivity contribution in [1.82, 2.24) is 15.0 Å². The fourth-order valence-electron chi connectivity index (χ4n) is 4.36. The summed E-state index contributed by atoms with van der Waals surface area (Å²) < 4.78 is 6.09. The van der Waals surface area contributed by atoms with Crippen LogP contribution in [0.25, 0.3) is 11.3 Å². The topological polar surface area (TPSA) is 111 Å². The number of nitrogens with two attached hydrogens (primary N) is 1. The molecule has 0 fully saturated rings. The molecule has 1 aliphatic carbocycles. The number of nitrogens with zero attached hydrogens (tertiary/aromatic N) is 5. The number of hydrogen-bond acceptors (Lipinski definition) is 8. The zero-order valence-corrected chi connectivity index (χ0v) is 21.5. The van der Waals surface area contributed by atoms with Gasteiger partial charge in [-0.2, -0.15) is 5.11 Å². The van der Waals surface area contributed by atoms with Gasteiger partial charge in [0.2, 0.25) is 11.8 Å². The Labute approximate surface area is 222 Å². The van der Waals surface area contributed by atoms with E-state index in [9.17, 15) is 0 Å². The summed E-state index contributed by atoms with van der Waals surface area (Å²) in [6.07, 6.45) is 16.0. The van der Waals surface area contributed by atoms with Crippen LogP contribution in [0.5, 0.6) is 11.6 Å². The van der Waals surface area contributed by atoms with E-state index in [1.54, 1.807) is 18.5 Å². The number of nitrogen functional groups attached to an aromatic ring is 1. The standard InChI is InChI=1S/C30H29N7O/c1-4-19(2)18-20(3)27-23-8-5-6-9-24(23)28(37-36-27)34-21-11-13-22(14-12-21)38-29-25(10-7-16-32-29)26-15-17-33-30(31)35-26/h4-18,23,27,34H,1-3H3,(H2,31,33,35)/b19-4-,20-18+. The Balaban J connectivity index is 1.34. The van der Waals surface area contributed by atoms with Crippen LogP contribution in [0.3, 0.4) is 0 Å². The molecular formula is C30H29N7O. The zero-order valence-electron chi connectivity index (χ0n) is 21.5. The summed E-state index contributed by atoms with van der Waals surface area (Å²) in [5.74, 6) is 2.13. The lowest BCUT2D eigenvalue weighted by Crippen LogP contribution is -2.25. The average molecular weight is 504 g/mol. The number of fused-ring (bicyclic) bond motifs is 1. The van der Waals surface area contributed by atoms with Crippen molar-refractivity contribution in [2.75, 3.05) is 11.1 Å². The van der Waals surface area contributed by atoms with Crippen LogP contribution in [0.1, 0.15) is 20.8 Å². The van der Waals surface area contributed by atoms with Crippen LogP contribution in [0.2, 0.25) is 0 Å². The van der Waals surface area contributed by atoms with Crippen LogP contribution in [0, 0.1) is 5.92 Å². The normalized spacial score (nSPS) is 18.9. The van der Waals surface area contributed by atoms with E-state index in [4.69, 9.17) is 10.5 Å². The number of aromatic nitrogens is 3. The molecule has 3 N–H and O–H groups in total. The third-order valence-electron chi connectivity index (χ3n) is 6.39. The summed E-state index contributed by atoms with van der Waals surface area (Å²) in [5, 5.41) is 12.7. The first-order valence-electron chi connectivity index (χ1n) is 12.4. The molecule has 190 valence electrons. The fourth-order valence-corrected chi connectivity index (χ4v) is 4.36. The number of azo groups is 1. The largest absolute Gasteiger partial charge is 0.438 e. The summed E-state index contributed by atoms with van der Waals surface area (Å²) in [6.45, 7) is 6.25. The Hall–Kier alpha value is -4.85. The molecule has 0 amide bonds. The number of nitrogens with one attached hydrogen (secondary N) is 1. The van der Waals surface area contributed by atoms with Crippen LogP contribution in [0.15, 0.2) is 124 Å². The molecule has 5 rings (SSSR count). The van der Waals surface area contributed by atoms with Gasteiger partial charge >= 0.3 is 0 Å². The molecule has 3 heterocycles. The molecule has 38 heavy (non-hydrogen) atoms. The van der Waals surface area contributed by atoms with E-state index in [1.165, 1.54) is 11.1 Å². The van der Waals surface area contributed by atoms with E-state index < -0.39 is 0 Å². The average Bonchev–Trinajstić information content (AvgIpc) is 2.94. The van der Waals surface area contributed by atoms with Crippen LogP contribution < -0.4 is 15.8 Å². The highest BCUT2D eigenvalue weighted by Gasteiger charge is 2.30. The minimum absolute atomic E-state index is 0.0276. The second kappa shape index (κ2) is 11.0. The zero-order chi connectivity index (χ0) is 26.5. The molecule has 2 atom stereocenters. The van der Waals surface area contributed by atoms with Gasteiger partial charge in [0.1, 0.15) is 11.8 Å². The lowest BCUT2D eigenvalue weighted by Gasteiger charge is -2.29. The Bertz CT molecular complexity index is 1510. The molecule has 2 aromatic heterocycles. The summed E-state index contributed by atoms with van der Waals surface area (Å²) in [4.78, 5) is 12.6. The van der Waals surface area contributed by atoms with Crippen molar-refractivity contribution >= 4 is 11.6 Å². The summed E-state index contributed by atoms with van der Waals surface area (Å²) >= 11 is 0. The predicted octanol–water partition coefficient (Wildman–Crippen LogP) is 7.03. The second-order valence-corrected chi connectivity index (χ2v) is 9.06. The third kappa shape index (κ3) is 5.44. The van der Waals surface area contributed by atoms with Gasteiger partial charge in [0.05, 0.1) is 11.3 Å². The first kappa shape index (κ1) is 24.8. The van der Waals surface area contributed by atoms with E-state index in [0.29, 0.717) is 17.3 Å². The number of rotatable bonds is 7. The summed E-state index contributed by atoms with van der Waals surface area (Å²) in [7, 11) is 0. The van der Waals surface area contributed by atoms with E-state index in [-0.39, 0.29) is 17.9 Å². The molecule has 0 bridgehead atoms. The molecule has 0 saturated carbocycles. The third-order valence-corrected chi connectivity index (χ3v) is 6.39. The van der Waals surface area contributed by atoms with E-state index in [0.717, 1.165) is 22.6 Å². The highest BCUT2D eigenvalue weighted by atomic mass is 16.5. The van der Waals surface area contributed by atoms with Gasteiger partial charge in [-0.1, -0.05) is 42.0 Å². The monoisotopic (exact) mass is 503 g/mol. The van der Waals surface area contributed by atoms with Gasteiger partial charge in [-0.25, -0.2) is 15.0 Å². The van der Waals surface area contributed by atoms with E-state index in [2.05, 4.69) is 74.7 Å². The SMILES string of the molecule is C/C=C(C)\C=C(/C)C1N=NC(Nc2ccc(Oc3ncccc3-c3ccnc(N)n3)cc2)=C2C=CC=CC21. The number of benzene rings is 1. The first-order chi connectivity index (χ1) is 18.5. The quantitative estimate of drug-likeness (QED) is 0.335. The minimum atomic E-state index is -0.0276. The summed E-state index contributed by atoms with van der Waals surface area (Å²) in [6, 6.07) is 13.1. The van der Waals surface area contributed by atoms with Crippen molar-refractivity contribution in [2.45, 2.75) is 26.8 Å². The van der Waals surface area contributed by atoms with Gasteiger partial charge in [-0.15, -0.1) is 5.11 Å².